The molecule has 1 fully saturated rings. The lowest BCUT2D eigenvalue weighted by molar-refractivity contribution is 0.294. The van der Waals surface area contributed by atoms with Gasteiger partial charge in [-0.3, -0.25) is 4.90 Å². The largest absolute Gasteiger partial charge is 0.388 e. The minimum Gasteiger partial charge on any atom is -0.388 e. The summed E-state index contributed by atoms with van der Waals surface area (Å²) in [4.78, 5) is 4.53. The zero-order valence-electron chi connectivity index (χ0n) is 23.0. The third-order valence-electron chi connectivity index (χ3n) is 7.20. The van der Waals surface area contributed by atoms with Gasteiger partial charge in [-0.05, 0) is 85.1 Å². The molecule has 1 aromatic heterocycles. The normalized spacial score (nSPS) is 16.1. The molecule has 1 aliphatic heterocycles. The molecule has 1 unspecified atom stereocenters. The predicted molar refractivity (Wildman–Crippen MR) is 173 cm³/mol. The van der Waals surface area contributed by atoms with E-state index in [1.165, 1.54) is 23.2 Å². The molecule has 1 saturated heterocycles. The lowest BCUT2D eigenvalue weighted by atomic mass is 10.0. The lowest BCUT2D eigenvalue weighted by Gasteiger charge is -2.25. The number of nitrogens with one attached hydrogen (secondary N) is 3. The summed E-state index contributed by atoms with van der Waals surface area (Å²) in [5.41, 5.74) is 5.21. The second-order valence-corrected chi connectivity index (χ2v) is 13.7. The number of anilines is 2. The molecular weight excluding hydrogens is 572 g/mol. The standard InChI is InChI=1S/C32H33ClN4O2S2/c1-35-25-14-12-22(13-15-25)30-11-6-18-37(30)21-24(34)20-29(36-28-10-4-3-9-27(28)33)32-17-16-31(40-32)23-7-5-8-26(19-23)41(2,38)39/h3-5,7-10,12-17,19-20,30,34-36H,6,11,18,21H2,1-2H3/b29-20-,34-24?. The summed E-state index contributed by atoms with van der Waals surface area (Å²) >= 11 is 8.03. The quantitative estimate of drug-likeness (QED) is 0.161. The second kappa shape index (κ2) is 12.6. The molecule has 1 atom stereocenters. The van der Waals surface area contributed by atoms with Crippen molar-refractivity contribution in [1.29, 1.82) is 5.41 Å². The van der Waals surface area contributed by atoms with Gasteiger partial charge in [0.05, 0.1) is 26.2 Å². The highest BCUT2D eigenvalue weighted by Gasteiger charge is 2.26. The molecule has 0 radical (unpaired) electrons. The van der Waals surface area contributed by atoms with Crippen LogP contribution < -0.4 is 10.6 Å². The van der Waals surface area contributed by atoms with Crippen LogP contribution in [0.25, 0.3) is 16.1 Å². The van der Waals surface area contributed by atoms with Gasteiger partial charge in [-0.25, -0.2) is 8.42 Å². The Morgan fingerprint density at radius 3 is 2.59 bits per heavy atom. The number of hydrogen-bond acceptors (Lipinski definition) is 7. The van der Waals surface area contributed by atoms with Crippen molar-refractivity contribution in [2.24, 2.45) is 0 Å². The van der Waals surface area contributed by atoms with Gasteiger partial charge in [0.2, 0.25) is 0 Å². The maximum Gasteiger partial charge on any atom is 0.175 e. The van der Waals surface area contributed by atoms with Gasteiger partial charge in [-0.2, -0.15) is 0 Å². The minimum absolute atomic E-state index is 0.282. The van der Waals surface area contributed by atoms with Gasteiger partial charge in [-0.1, -0.05) is 48.0 Å². The number of thiophene rings is 1. The van der Waals surface area contributed by atoms with E-state index in [1.807, 2.05) is 55.6 Å². The molecule has 0 bridgehead atoms. The third kappa shape index (κ3) is 7.08. The van der Waals surface area contributed by atoms with Crippen LogP contribution in [0.3, 0.4) is 0 Å². The molecule has 6 nitrogen and oxygen atoms in total. The molecule has 5 rings (SSSR count). The molecule has 9 heteroatoms. The molecule has 0 aliphatic carbocycles. The van der Waals surface area contributed by atoms with Crippen LogP contribution in [0.5, 0.6) is 0 Å². The van der Waals surface area contributed by atoms with Crippen molar-refractivity contribution in [1.82, 2.24) is 4.90 Å². The average molecular weight is 605 g/mol. The second-order valence-electron chi connectivity index (χ2n) is 10.2. The first-order valence-electron chi connectivity index (χ1n) is 13.4. The number of hydrogen-bond donors (Lipinski definition) is 3. The van der Waals surface area contributed by atoms with Crippen LogP contribution in [0.2, 0.25) is 5.02 Å². The number of benzene rings is 3. The van der Waals surface area contributed by atoms with Crippen LogP contribution >= 0.6 is 22.9 Å². The minimum atomic E-state index is -3.31. The van der Waals surface area contributed by atoms with E-state index in [2.05, 4.69) is 39.8 Å². The summed E-state index contributed by atoms with van der Waals surface area (Å²) in [6.07, 6.45) is 5.27. The van der Waals surface area contributed by atoms with Crippen molar-refractivity contribution in [2.75, 3.05) is 37.0 Å². The first-order chi connectivity index (χ1) is 19.7. The average Bonchev–Trinajstić information content (AvgIpc) is 3.64. The highest BCUT2D eigenvalue weighted by molar-refractivity contribution is 7.90. The zero-order valence-corrected chi connectivity index (χ0v) is 25.4. The van der Waals surface area contributed by atoms with Gasteiger partial charge in [-0.15, -0.1) is 11.3 Å². The van der Waals surface area contributed by atoms with Crippen LogP contribution in [-0.4, -0.2) is 45.4 Å². The van der Waals surface area contributed by atoms with Crippen molar-refractivity contribution in [2.45, 2.75) is 23.8 Å². The van der Waals surface area contributed by atoms with Crippen molar-refractivity contribution >= 4 is 55.6 Å². The van der Waals surface area contributed by atoms with Gasteiger partial charge >= 0.3 is 0 Å². The Labute approximate surface area is 251 Å². The summed E-state index contributed by atoms with van der Waals surface area (Å²) in [6, 6.07) is 27.3. The van der Waals surface area contributed by atoms with E-state index in [9.17, 15) is 8.42 Å². The number of sulfone groups is 1. The number of likely N-dealkylation sites (tertiary alicyclic amines) is 1. The van der Waals surface area contributed by atoms with E-state index < -0.39 is 9.84 Å². The van der Waals surface area contributed by atoms with Crippen molar-refractivity contribution in [3.05, 3.63) is 106 Å². The van der Waals surface area contributed by atoms with Crippen LogP contribution in [-0.2, 0) is 9.84 Å². The summed E-state index contributed by atoms with van der Waals surface area (Å²) < 4.78 is 24.2. The van der Waals surface area contributed by atoms with Crippen LogP contribution in [0.15, 0.2) is 95.9 Å². The molecule has 0 amide bonds. The Bertz CT molecular complexity index is 1680. The smallest absolute Gasteiger partial charge is 0.175 e. The zero-order chi connectivity index (χ0) is 29.0. The van der Waals surface area contributed by atoms with Crippen molar-refractivity contribution < 1.29 is 8.42 Å². The number of nitrogens with zero attached hydrogens (tertiary/aromatic N) is 1. The Morgan fingerprint density at radius 2 is 1.85 bits per heavy atom. The van der Waals surface area contributed by atoms with Crippen LogP contribution in [0, 0.1) is 5.41 Å². The molecule has 3 N–H and O–H groups in total. The maximum absolute atomic E-state index is 12.1. The number of para-hydroxylation sites is 1. The van der Waals surface area contributed by atoms with E-state index in [4.69, 9.17) is 17.0 Å². The van der Waals surface area contributed by atoms with Crippen molar-refractivity contribution in [3.63, 3.8) is 0 Å². The Balaban J connectivity index is 1.42. The molecule has 212 valence electrons. The molecule has 0 spiro atoms. The van der Waals surface area contributed by atoms with Gasteiger partial charge in [0, 0.05) is 42.2 Å². The van der Waals surface area contributed by atoms with Gasteiger partial charge in [0.1, 0.15) is 0 Å². The summed E-state index contributed by atoms with van der Waals surface area (Å²) in [6.45, 7) is 1.47. The molecular formula is C32H33ClN4O2S2. The molecule has 4 aromatic rings. The van der Waals surface area contributed by atoms with E-state index in [0.717, 1.165) is 51.8 Å². The van der Waals surface area contributed by atoms with E-state index in [0.29, 0.717) is 17.3 Å². The number of rotatable bonds is 10. The third-order valence-corrected chi connectivity index (χ3v) is 9.81. The highest BCUT2D eigenvalue weighted by atomic mass is 35.5. The SMILES string of the molecule is CNc1ccc(C2CCCN2CC(=N)/C=C(\Nc2ccccc2Cl)c2ccc(-c3cccc(S(C)(=O)=O)c3)s2)cc1. The highest BCUT2D eigenvalue weighted by Crippen LogP contribution is 2.36. The fourth-order valence-electron chi connectivity index (χ4n) is 5.10. The van der Waals surface area contributed by atoms with Crippen molar-refractivity contribution in [3.8, 4) is 10.4 Å². The maximum atomic E-state index is 12.1. The van der Waals surface area contributed by atoms with E-state index in [1.54, 1.807) is 18.2 Å². The first kappa shape index (κ1) is 29.1. The molecule has 0 saturated carbocycles. The van der Waals surface area contributed by atoms with Gasteiger partial charge in [0.15, 0.2) is 9.84 Å². The fraction of sp³-hybridized carbons (Fsp3) is 0.219. The van der Waals surface area contributed by atoms with Gasteiger partial charge < -0.3 is 16.0 Å². The lowest BCUT2D eigenvalue weighted by Crippen LogP contribution is -2.28. The Morgan fingerprint density at radius 1 is 1.07 bits per heavy atom. The number of halogens is 1. The van der Waals surface area contributed by atoms with Crippen LogP contribution in [0.1, 0.15) is 29.3 Å². The summed E-state index contributed by atoms with van der Waals surface area (Å²) in [5, 5.41) is 16.2. The predicted octanol–water partition coefficient (Wildman–Crippen LogP) is 7.82. The molecule has 1 aliphatic rings. The molecule has 2 heterocycles. The molecule has 3 aromatic carbocycles. The Hall–Kier alpha value is -3.43. The van der Waals surface area contributed by atoms with E-state index in [-0.39, 0.29) is 10.9 Å². The van der Waals surface area contributed by atoms with Crippen LogP contribution in [0.4, 0.5) is 11.4 Å². The van der Waals surface area contributed by atoms with E-state index >= 15 is 0 Å². The fourth-order valence-corrected chi connectivity index (χ4v) is 6.92. The first-order valence-corrected chi connectivity index (χ1v) is 16.5. The summed E-state index contributed by atoms with van der Waals surface area (Å²) in [7, 11) is -1.40. The monoisotopic (exact) mass is 604 g/mol. The Kier molecular flexibility index (Phi) is 8.94. The topological polar surface area (TPSA) is 85.3 Å². The van der Waals surface area contributed by atoms with Gasteiger partial charge in [0.25, 0.3) is 0 Å². The molecule has 41 heavy (non-hydrogen) atoms. The summed E-state index contributed by atoms with van der Waals surface area (Å²) in [5.74, 6) is 0.